The molecule has 3 aromatic rings. The van der Waals surface area contributed by atoms with Gasteiger partial charge in [-0.15, -0.1) is 0 Å². The fourth-order valence-electron chi connectivity index (χ4n) is 2.07. The van der Waals surface area contributed by atoms with E-state index in [0.717, 1.165) is 16.3 Å². The van der Waals surface area contributed by atoms with E-state index in [1.807, 2.05) is 39.0 Å². The van der Waals surface area contributed by atoms with E-state index in [2.05, 4.69) is 15.0 Å². The summed E-state index contributed by atoms with van der Waals surface area (Å²) >= 11 is 0. The zero-order chi connectivity index (χ0) is 15.0. The van der Waals surface area contributed by atoms with Gasteiger partial charge in [-0.25, -0.2) is 14.8 Å². The Kier molecular flexibility index (Phi) is 3.05. The third-order valence-corrected chi connectivity index (χ3v) is 2.92. The average molecular weight is 281 g/mol. The largest absolute Gasteiger partial charge is 0.455 e. The fourth-order valence-corrected chi connectivity index (χ4v) is 2.07. The Balaban J connectivity index is 2.09. The average Bonchev–Trinajstić information content (AvgIpc) is 2.44. The summed E-state index contributed by atoms with van der Waals surface area (Å²) in [7, 11) is 0. The topological polar surface area (TPSA) is 65.0 Å². The van der Waals surface area contributed by atoms with Gasteiger partial charge in [0.15, 0.2) is 11.3 Å². The zero-order valence-electron chi connectivity index (χ0n) is 12.1. The number of carbonyl (C=O) groups is 1. The minimum Gasteiger partial charge on any atom is -0.455 e. The molecule has 0 aromatic carbocycles. The first-order valence-corrected chi connectivity index (χ1v) is 6.68. The predicted molar refractivity (Wildman–Crippen MR) is 80.0 cm³/mol. The van der Waals surface area contributed by atoms with Gasteiger partial charge in [-0.1, -0.05) is 6.07 Å². The molecule has 0 aliphatic heterocycles. The lowest BCUT2D eigenvalue weighted by molar-refractivity contribution is 0.00632. The number of nitrogens with zero attached hydrogens (tertiary/aromatic N) is 3. The highest BCUT2D eigenvalue weighted by atomic mass is 16.6. The highest BCUT2D eigenvalue weighted by Gasteiger charge is 2.19. The maximum atomic E-state index is 12.0. The van der Waals surface area contributed by atoms with Crippen molar-refractivity contribution in [1.82, 2.24) is 15.0 Å². The lowest BCUT2D eigenvalue weighted by Crippen LogP contribution is -2.24. The molecule has 0 amide bonds. The van der Waals surface area contributed by atoms with E-state index in [0.29, 0.717) is 5.65 Å². The lowest BCUT2D eigenvalue weighted by Gasteiger charge is -2.19. The molecule has 0 spiro atoms. The second-order valence-electron chi connectivity index (χ2n) is 5.76. The maximum Gasteiger partial charge on any atom is 0.357 e. The molecule has 0 saturated heterocycles. The van der Waals surface area contributed by atoms with Gasteiger partial charge in [0.1, 0.15) is 5.60 Å². The Hall–Kier alpha value is -2.56. The van der Waals surface area contributed by atoms with E-state index in [1.54, 1.807) is 18.5 Å². The van der Waals surface area contributed by atoms with Crippen molar-refractivity contribution in [2.75, 3.05) is 0 Å². The summed E-state index contributed by atoms with van der Waals surface area (Å²) in [6.07, 6.45) is 3.38. The van der Waals surface area contributed by atoms with Gasteiger partial charge in [-0.05, 0) is 39.0 Å². The molecule has 0 unspecified atom stereocenters. The molecule has 3 aromatic heterocycles. The standard InChI is InChI=1S/C16H15N3O2/c1-16(2,3)21-15(20)12-7-6-11-10-5-4-8-17-13(10)9-18-14(11)19-12/h4-9H,1-3H3. The molecule has 0 fully saturated rings. The fraction of sp³-hybridized carbons (Fsp3) is 0.250. The number of aromatic nitrogens is 3. The SMILES string of the molecule is CC(C)(C)OC(=O)c1ccc2c(ncc3ncccc32)n1. The summed E-state index contributed by atoms with van der Waals surface area (Å²) in [6.45, 7) is 5.47. The van der Waals surface area contributed by atoms with Crippen LogP contribution in [0.2, 0.25) is 0 Å². The Bertz CT molecular complexity index is 838. The van der Waals surface area contributed by atoms with Gasteiger partial charge in [0, 0.05) is 17.0 Å². The van der Waals surface area contributed by atoms with E-state index in [-0.39, 0.29) is 5.69 Å². The smallest absolute Gasteiger partial charge is 0.357 e. The van der Waals surface area contributed by atoms with Crippen LogP contribution in [0.15, 0.2) is 36.7 Å². The summed E-state index contributed by atoms with van der Waals surface area (Å²) in [6, 6.07) is 7.31. The van der Waals surface area contributed by atoms with Crippen LogP contribution in [0.5, 0.6) is 0 Å². The molecular weight excluding hydrogens is 266 g/mol. The van der Waals surface area contributed by atoms with Crippen LogP contribution in [0.25, 0.3) is 21.9 Å². The number of carbonyl (C=O) groups excluding carboxylic acids is 1. The predicted octanol–water partition coefficient (Wildman–Crippen LogP) is 3.13. The Morgan fingerprint density at radius 3 is 2.67 bits per heavy atom. The van der Waals surface area contributed by atoms with Crippen LogP contribution in [-0.2, 0) is 4.74 Å². The minimum absolute atomic E-state index is 0.258. The van der Waals surface area contributed by atoms with Crippen molar-refractivity contribution < 1.29 is 9.53 Å². The number of hydrogen-bond donors (Lipinski definition) is 0. The van der Waals surface area contributed by atoms with Crippen molar-refractivity contribution in [1.29, 1.82) is 0 Å². The van der Waals surface area contributed by atoms with Crippen LogP contribution >= 0.6 is 0 Å². The van der Waals surface area contributed by atoms with Crippen LogP contribution in [0.1, 0.15) is 31.3 Å². The van der Waals surface area contributed by atoms with Crippen molar-refractivity contribution >= 4 is 27.9 Å². The Morgan fingerprint density at radius 1 is 1.10 bits per heavy atom. The number of fused-ring (bicyclic) bond motifs is 3. The van der Waals surface area contributed by atoms with Crippen molar-refractivity contribution in [2.45, 2.75) is 26.4 Å². The normalized spacial score (nSPS) is 11.8. The number of rotatable bonds is 1. The minimum atomic E-state index is -0.547. The van der Waals surface area contributed by atoms with Gasteiger partial charge in [0.2, 0.25) is 0 Å². The van der Waals surface area contributed by atoms with Gasteiger partial charge in [-0.2, -0.15) is 0 Å². The van der Waals surface area contributed by atoms with Crippen LogP contribution in [0.3, 0.4) is 0 Å². The molecule has 0 radical (unpaired) electrons. The van der Waals surface area contributed by atoms with E-state index < -0.39 is 11.6 Å². The molecule has 21 heavy (non-hydrogen) atoms. The number of esters is 1. The summed E-state index contributed by atoms with van der Waals surface area (Å²) < 4.78 is 5.32. The molecule has 0 bridgehead atoms. The molecule has 0 aliphatic rings. The highest BCUT2D eigenvalue weighted by molar-refractivity contribution is 6.03. The van der Waals surface area contributed by atoms with Crippen LogP contribution in [-0.4, -0.2) is 26.5 Å². The Morgan fingerprint density at radius 2 is 1.90 bits per heavy atom. The van der Waals surface area contributed by atoms with Gasteiger partial charge in [0.05, 0.1) is 11.7 Å². The first kappa shape index (κ1) is 13.4. The summed E-state index contributed by atoms with van der Waals surface area (Å²) in [5.74, 6) is -0.447. The third-order valence-electron chi connectivity index (χ3n) is 2.92. The maximum absolute atomic E-state index is 12.0. The van der Waals surface area contributed by atoms with Crippen molar-refractivity contribution in [2.24, 2.45) is 0 Å². The first-order valence-electron chi connectivity index (χ1n) is 6.68. The van der Waals surface area contributed by atoms with E-state index in [9.17, 15) is 4.79 Å². The van der Waals surface area contributed by atoms with Gasteiger partial charge >= 0.3 is 5.97 Å². The molecule has 0 N–H and O–H groups in total. The van der Waals surface area contributed by atoms with Gasteiger partial charge < -0.3 is 4.74 Å². The summed E-state index contributed by atoms with van der Waals surface area (Å²) in [5, 5.41) is 1.83. The molecule has 5 heteroatoms. The molecular formula is C16H15N3O2. The quantitative estimate of drug-likeness (QED) is 0.506. The van der Waals surface area contributed by atoms with E-state index >= 15 is 0 Å². The van der Waals surface area contributed by atoms with Crippen molar-refractivity contribution in [3.63, 3.8) is 0 Å². The molecule has 0 aliphatic carbocycles. The lowest BCUT2D eigenvalue weighted by atomic mass is 10.1. The number of ether oxygens (including phenoxy) is 1. The van der Waals surface area contributed by atoms with Crippen LogP contribution in [0, 0.1) is 0 Å². The summed E-state index contributed by atoms with van der Waals surface area (Å²) in [5.41, 5.74) is 1.03. The molecule has 0 saturated carbocycles. The Labute approximate surface area is 122 Å². The second-order valence-corrected chi connectivity index (χ2v) is 5.76. The van der Waals surface area contributed by atoms with Gasteiger partial charge in [-0.3, -0.25) is 4.98 Å². The van der Waals surface area contributed by atoms with E-state index in [1.165, 1.54) is 0 Å². The molecule has 0 atom stereocenters. The van der Waals surface area contributed by atoms with E-state index in [4.69, 9.17) is 4.74 Å². The van der Waals surface area contributed by atoms with Gasteiger partial charge in [0.25, 0.3) is 0 Å². The number of hydrogen-bond acceptors (Lipinski definition) is 5. The van der Waals surface area contributed by atoms with Crippen LogP contribution in [0.4, 0.5) is 0 Å². The molecule has 5 nitrogen and oxygen atoms in total. The third kappa shape index (κ3) is 2.67. The van der Waals surface area contributed by atoms with Crippen molar-refractivity contribution in [3.05, 3.63) is 42.4 Å². The number of pyridine rings is 3. The molecule has 3 rings (SSSR count). The molecule has 106 valence electrons. The zero-order valence-corrected chi connectivity index (χ0v) is 12.1. The van der Waals surface area contributed by atoms with Crippen molar-refractivity contribution in [3.8, 4) is 0 Å². The highest BCUT2D eigenvalue weighted by Crippen LogP contribution is 2.21. The van der Waals surface area contributed by atoms with Crippen LogP contribution < -0.4 is 0 Å². The first-order chi connectivity index (χ1) is 9.94. The summed E-state index contributed by atoms with van der Waals surface area (Å²) in [4.78, 5) is 24.9. The molecule has 3 heterocycles. The second kappa shape index (κ2) is 4.77. The monoisotopic (exact) mass is 281 g/mol.